The molecule has 2 heterocycles. The molecule has 1 unspecified atom stereocenters. The number of methoxy groups -OCH3 is 1. The minimum Gasteiger partial charge on any atom is -0.494 e. The Balaban J connectivity index is 2.11. The van der Waals surface area contributed by atoms with Crippen molar-refractivity contribution in [3.63, 3.8) is 0 Å². The second kappa shape index (κ2) is 10.8. The number of benzene rings is 1. The van der Waals surface area contributed by atoms with E-state index in [0.29, 0.717) is 34.2 Å². The zero-order valence-electron chi connectivity index (χ0n) is 21.1. The highest BCUT2D eigenvalue weighted by Gasteiger charge is 2.28. The summed E-state index contributed by atoms with van der Waals surface area (Å²) in [5.41, 5.74) is 4.52. The SMILES string of the molecule is CCCCC(CC)c1nc2n(c(=O)c1C)N=C(C)C2=Nc1ccc(N(CC)CC)cc1OC. The third-order valence-electron chi connectivity index (χ3n) is 6.44. The summed E-state index contributed by atoms with van der Waals surface area (Å²) >= 11 is 0. The standard InChI is InChI=1S/C26H37N5O2/c1-8-12-13-19(9-2)23-17(5)26(32)31-25(28-23)24(18(6)29-31)27-21-15-14-20(16-22(21)33-7)30(10-3)11-4/h14-16,19H,8-13H2,1-7H3. The molecule has 0 saturated carbocycles. The van der Waals surface area contributed by atoms with Gasteiger partial charge in [-0.05, 0) is 52.7 Å². The van der Waals surface area contributed by atoms with Crippen molar-refractivity contribution in [3.8, 4) is 5.75 Å². The third kappa shape index (κ3) is 4.87. The average Bonchev–Trinajstić information content (AvgIpc) is 3.14. The third-order valence-corrected chi connectivity index (χ3v) is 6.44. The predicted molar refractivity (Wildman–Crippen MR) is 137 cm³/mol. The molecular formula is C26H37N5O2. The van der Waals surface area contributed by atoms with Crippen LogP contribution in [0.15, 0.2) is 33.1 Å². The number of rotatable bonds is 10. The molecule has 1 aromatic heterocycles. The van der Waals surface area contributed by atoms with Crippen LogP contribution in [0.1, 0.15) is 83.3 Å². The van der Waals surface area contributed by atoms with E-state index in [4.69, 9.17) is 14.7 Å². The van der Waals surface area contributed by atoms with E-state index in [1.807, 2.05) is 26.0 Å². The number of ether oxygens (including phenoxy) is 1. The van der Waals surface area contributed by atoms with Gasteiger partial charge in [0.25, 0.3) is 5.56 Å². The van der Waals surface area contributed by atoms with Crippen LogP contribution >= 0.6 is 0 Å². The summed E-state index contributed by atoms with van der Waals surface area (Å²) in [6.07, 6.45) is 4.21. The van der Waals surface area contributed by atoms with Gasteiger partial charge in [-0.25, -0.2) is 9.98 Å². The van der Waals surface area contributed by atoms with Crippen LogP contribution < -0.4 is 15.2 Å². The number of aliphatic imine (C=N–C) groups is 1. The van der Waals surface area contributed by atoms with Crippen molar-refractivity contribution in [2.24, 2.45) is 10.1 Å². The number of fused-ring (bicyclic) bond motifs is 1. The maximum atomic E-state index is 13.2. The topological polar surface area (TPSA) is 72.1 Å². The van der Waals surface area contributed by atoms with E-state index in [1.165, 1.54) is 4.68 Å². The summed E-state index contributed by atoms with van der Waals surface area (Å²) in [6, 6.07) is 6.01. The molecule has 7 nitrogen and oxygen atoms in total. The Morgan fingerprint density at radius 1 is 1.15 bits per heavy atom. The average molecular weight is 452 g/mol. The second-order valence-corrected chi connectivity index (χ2v) is 8.48. The van der Waals surface area contributed by atoms with Crippen LogP contribution in [0.25, 0.3) is 0 Å². The lowest BCUT2D eigenvalue weighted by Gasteiger charge is -2.22. The summed E-state index contributed by atoms with van der Waals surface area (Å²) in [4.78, 5) is 25.3. The van der Waals surface area contributed by atoms with Crippen LogP contribution in [0.4, 0.5) is 11.4 Å². The number of hydrogen-bond acceptors (Lipinski definition) is 6. The molecule has 33 heavy (non-hydrogen) atoms. The number of unbranched alkanes of at least 4 members (excludes halogenated alkanes) is 1. The monoisotopic (exact) mass is 451 g/mol. The Labute approximate surface area is 197 Å². The lowest BCUT2D eigenvalue weighted by Crippen LogP contribution is -2.26. The van der Waals surface area contributed by atoms with E-state index in [9.17, 15) is 4.79 Å². The molecule has 0 spiro atoms. The first kappa shape index (κ1) is 24.7. The second-order valence-electron chi connectivity index (χ2n) is 8.48. The summed E-state index contributed by atoms with van der Waals surface area (Å²) < 4.78 is 7.06. The van der Waals surface area contributed by atoms with Crippen molar-refractivity contribution < 1.29 is 4.74 Å². The van der Waals surface area contributed by atoms with E-state index >= 15 is 0 Å². The van der Waals surface area contributed by atoms with Gasteiger partial charge >= 0.3 is 0 Å². The normalized spacial score (nSPS) is 14.9. The maximum Gasteiger partial charge on any atom is 0.277 e. The van der Waals surface area contributed by atoms with Crippen LogP contribution in [-0.4, -0.2) is 41.3 Å². The molecule has 2 aromatic rings. The fourth-order valence-electron chi connectivity index (χ4n) is 4.39. The summed E-state index contributed by atoms with van der Waals surface area (Å²) in [5, 5.41) is 4.48. The van der Waals surface area contributed by atoms with Crippen molar-refractivity contribution in [1.29, 1.82) is 0 Å². The molecule has 0 N–H and O–H groups in total. The van der Waals surface area contributed by atoms with E-state index in [0.717, 1.165) is 50.2 Å². The van der Waals surface area contributed by atoms with Crippen molar-refractivity contribution >= 4 is 22.8 Å². The minimum atomic E-state index is -0.113. The lowest BCUT2D eigenvalue weighted by molar-refractivity contribution is 0.416. The van der Waals surface area contributed by atoms with Gasteiger partial charge in [0.1, 0.15) is 17.1 Å². The van der Waals surface area contributed by atoms with Gasteiger partial charge in [-0.15, -0.1) is 0 Å². The first-order chi connectivity index (χ1) is 15.9. The molecule has 0 radical (unpaired) electrons. The lowest BCUT2D eigenvalue weighted by atomic mass is 9.93. The van der Waals surface area contributed by atoms with Crippen LogP contribution in [0.2, 0.25) is 0 Å². The van der Waals surface area contributed by atoms with Crippen LogP contribution in [0.3, 0.4) is 0 Å². The zero-order chi connectivity index (χ0) is 24.1. The predicted octanol–water partition coefficient (Wildman–Crippen LogP) is 5.45. The Morgan fingerprint density at radius 3 is 2.48 bits per heavy atom. The smallest absolute Gasteiger partial charge is 0.277 e. The highest BCUT2D eigenvalue weighted by atomic mass is 16.5. The molecule has 0 bridgehead atoms. The molecule has 0 amide bonds. The quantitative estimate of drug-likeness (QED) is 0.482. The highest BCUT2D eigenvalue weighted by Crippen LogP contribution is 2.33. The molecule has 0 saturated heterocycles. The largest absolute Gasteiger partial charge is 0.494 e. The van der Waals surface area contributed by atoms with Gasteiger partial charge in [-0.2, -0.15) is 9.78 Å². The minimum absolute atomic E-state index is 0.113. The summed E-state index contributed by atoms with van der Waals surface area (Å²) in [5.74, 6) is 1.46. The maximum absolute atomic E-state index is 13.2. The Hall–Kier alpha value is -2.96. The summed E-state index contributed by atoms with van der Waals surface area (Å²) in [6.45, 7) is 14.2. The van der Waals surface area contributed by atoms with Gasteiger partial charge in [-0.3, -0.25) is 4.79 Å². The van der Waals surface area contributed by atoms with Gasteiger partial charge < -0.3 is 9.64 Å². The molecule has 7 heteroatoms. The van der Waals surface area contributed by atoms with E-state index < -0.39 is 0 Å². The van der Waals surface area contributed by atoms with Crippen molar-refractivity contribution in [2.45, 2.75) is 73.1 Å². The number of hydrogen-bond donors (Lipinski definition) is 0. The van der Waals surface area contributed by atoms with Crippen LogP contribution in [0.5, 0.6) is 5.75 Å². The van der Waals surface area contributed by atoms with E-state index in [2.05, 4.69) is 43.8 Å². The fourth-order valence-corrected chi connectivity index (χ4v) is 4.39. The number of aromatic nitrogens is 2. The van der Waals surface area contributed by atoms with E-state index in [1.54, 1.807) is 7.11 Å². The van der Waals surface area contributed by atoms with Gasteiger partial charge in [0.05, 0.1) is 18.5 Å². The van der Waals surface area contributed by atoms with E-state index in [-0.39, 0.29) is 11.5 Å². The van der Waals surface area contributed by atoms with Gasteiger partial charge in [0.15, 0.2) is 5.82 Å². The molecule has 1 aromatic carbocycles. The fraction of sp³-hybridized carbons (Fsp3) is 0.538. The van der Waals surface area contributed by atoms with Gasteiger partial charge in [0.2, 0.25) is 0 Å². The number of anilines is 1. The molecule has 1 aliphatic heterocycles. The highest BCUT2D eigenvalue weighted by molar-refractivity contribution is 6.48. The van der Waals surface area contributed by atoms with Gasteiger partial charge in [-0.1, -0.05) is 26.7 Å². The van der Waals surface area contributed by atoms with Crippen LogP contribution in [0, 0.1) is 6.92 Å². The Bertz CT molecular complexity index is 1110. The Morgan fingerprint density at radius 2 is 1.88 bits per heavy atom. The molecule has 0 aliphatic carbocycles. The molecule has 3 rings (SSSR count). The molecule has 1 aliphatic rings. The Kier molecular flexibility index (Phi) is 8.06. The molecule has 178 valence electrons. The van der Waals surface area contributed by atoms with Crippen LogP contribution in [-0.2, 0) is 0 Å². The molecule has 1 atom stereocenters. The number of nitrogens with zero attached hydrogens (tertiary/aromatic N) is 5. The van der Waals surface area contributed by atoms with Crippen molar-refractivity contribution in [1.82, 2.24) is 9.66 Å². The summed E-state index contributed by atoms with van der Waals surface area (Å²) in [7, 11) is 1.65. The first-order valence-electron chi connectivity index (χ1n) is 12.1. The first-order valence-corrected chi connectivity index (χ1v) is 12.1. The van der Waals surface area contributed by atoms with Gasteiger partial charge in [0, 0.05) is 36.3 Å². The van der Waals surface area contributed by atoms with Crippen molar-refractivity contribution in [3.05, 3.63) is 45.6 Å². The zero-order valence-corrected chi connectivity index (χ0v) is 21.1. The van der Waals surface area contributed by atoms with Crippen molar-refractivity contribution in [2.75, 3.05) is 25.1 Å². The molecular weight excluding hydrogens is 414 g/mol. The molecule has 0 fully saturated rings.